The van der Waals surface area contributed by atoms with Crippen molar-refractivity contribution in [3.05, 3.63) is 0 Å². The Labute approximate surface area is 75.3 Å². The first kappa shape index (κ1) is 9.50. The minimum atomic E-state index is -0.720. The maximum Gasteiger partial charge on any atom is 0.322 e. The summed E-state index contributed by atoms with van der Waals surface area (Å²) in [6.07, 6.45) is 0.00454. The second-order valence-corrected chi connectivity index (χ2v) is 3.01. The van der Waals surface area contributed by atoms with Gasteiger partial charge in [-0.2, -0.15) is 0 Å². The summed E-state index contributed by atoms with van der Waals surface area (Å²) in [4.78, 5) is 34.1. The monoisotopic (exact) mass is 185 g/mol. The molecule has 6 heteroatoms. The number of nitrogens with one attached hydrogen (secondary N) is 2. The molecule has 0 unspecified atom stereocenters. The van der Waals surface area contributed by atoms with Crippen LogP contribution in [0.4, 0.5) is 4.79 Å². The van der Waals surface area contributed by atoms with Crippen molar-refractivity contribution in [1.29, 1.82) is 0 Å². The van der Waals surface area contributed by atoms with Gasteiger partial charge >= 0.3 is 6.03 Å². The van der Waals surface area contributed by atoms with Crippen LogP contribution in [-0.4, -0.2) is 42.9 Å². The molecule has 6 nitrogen and oxygen atoms in total. The highest BCUT2D eigenvalue weighted by Crippen LogP contribution is 2.00. The topological polar surface area (TPSA) is 78.5 Å². The van der Waals surface area contributed by atoms with Crippen molar-refractivity contribution in [2.24, 2.45) is 0 Å². The van der Waals surface area contributed by atoms with E-state index in [9.17, 15) is 14.4 Å². The number of rotatable bonds is 2. The van der Waals surface area contributed by atoms with Crippen molar-refractivity contribution < 1.29 is 14.4 Å². The molecule has 2 N–H and O–H groups in total. The van der Waals surface area contributed by atoms with Gasteiger partial charge in [-0.25, -0.2) is 4.79 Å². The molecule has 1 aliphatic heterocycles. The summed E-state index contributed by atoms with van der Waals surface area (Å²) in [6, 6.07) is -1.26. The average molecular weight is 185 g/mol. The Morgan fingerprint density at radius 1 is 1.46 bits per heavy atom. The van der Waals surface area contributed by atoms with Gasteiger partial charge in [0.15, 0.2) is 0 Å². The van der Waals surface area contributed by atoms with Gasteiger partial charge in [0.1, 0.15) is 6.04 Å². The molecule has 0 saturated carbocycles. The van der Waals surface area contributed by atoms with E-state index in [1.165, 1.54) is 4.90 Å². The molecule has 1 heterocycles. The summed E-state index contributed by atoms with van der Waals surface area (Å²) in [6.45, 7) is 0. The molecule has 1 rings (SSSR count). The largest absolute Gasteiger partial charge is 0.349 e. The van der Waals surface area contributed by atoms with Crippen LogP contribution in [-0.2, 0) is 9.59 Å². The zero-order valence-electron chi connectivity index (χ0n) is 7.46. The third-order valence-electron chi connectivity index (χ3n) is 1.74. The third-order valence-corrected chi connectivity index (χ3v) is 1.74. The van der Waals surface area contributed by atoms with E-state index in [-0.39, 0.29) is 12.3 Å². The second-order valence-electron chi connectivity index (χ2n) is 3.01. The normalized spacial score (nSPS) is 20.9. The van der Waals surface area contributed by atoms with Gasteiger partial charge in [0.25, 0.3) is 5.91 Å². The molecule has 1 saturated heterocycles. The molecule has 13 heavy (non-hydrogen) atoms. The maximum atomic E-state index is 11.1. The molecule has 4 amide bonds. The molecule has 0 aromatic rings. The summed E-state index contributed by atoms with van der Waals surface area (Å²) in [5, 5.41) is 4.39. The number of imide groups is 1. The second kappa shape index (κ2) is 3.42. The number of hydrogen-bond acceptors (Lipinski definition) is 3. The van der Waals surface area contributed by atoms with Gasteiger partial charge in [0, 0.05) is 14.1 Å². The number of hydrogen-bond donors (Lipinski definition) is 2. The standard InChI is InChI=1S/C7H11N3O3/c1-10(2)5(11)3-4-6(12)9-7(13)8-4/h4H,3H2,1-2H3,(H2,8,9,12,13)/t4-/m0/s1. The molecule has 0 aliphatic carbocycles. The molecule has 0 aromatic heterocycles. The van der Waals surface area contributed by atoms with E-state index in [0.29, 0.717) is 0 Å². The fraction of sp³-hybridized carbons (Fsp3) is 0.571. The SMILES string of the molecule is CN(C)C(=O)C[C@@H]1NC(=O)NC1=O. The van der Waals surface area contributed by atoms with E-state index in [0.717, 1.165) is 0 Å². The van der Waals surface area contributed by atoms with Gasteiger partial charge in [0.05, 0.1) is 6.42 Å². The fourth-order valence-corrected chi connectivity index (χ4v) is 0.960. The summed E-state index contributed by atoms with van der Waals surface area (Å²) in [7, 11) is 3.19. The molecule has 0 spiro atoms. The smallest absolute Gasteiger partial charge is 0.322 e. The van der Waals surface area contributed by atoms with Gasteiger partial charge < -0.3 is 10.2 Å². The highest BCUT2D eigenvalue weighted by atomic mass is 16.2. The lowest BCUT2D eigenvalue weighted by Gasteiger charge is -2.12. The molecular formula is C7H11N3O3. The van der Waals surface area contributed by atoms with Gasteiger partial charge in [-0.3, -0.25) is 14.9 Å². The van der Waals surface area contributed by atoms with E-state index in [4.69, 9.17) is 0 Å². The Balaban J connectivity index is 2.51. The molecule has 1 fully saturated rings. The summed E-state index contributed by atoms with van der Waals surface area (Å²) < 4.78 is 0. The Morgan fingerprint density at radius 3 is 2.46 bits per heavy atom. The number of urea groups is 1. The van der Waals surface area contributed by atoms with Gasteiger partial charge in [-0.1, -0.05) is 0 Å². The lowest BCUT2D eigenvalue weighted by atomic mass is 10.2. The molecule has 1 atom stereocenters. The summed E-state index contributed by atoms with van der Waals surface area (Å²) in [5.41, 5.74) is 0. The van der Waals surface area contributed by atoms with Gasteiger partial charge in [0.2, 0.25) is 5.91 Å². The molecule has 0 bridgehead atoms. The van der Waals surface area contributed by atoms with E-state index in [1.54, 1.807) is 14.1 Å². The van der Waals surface area contributed by atoms with E-state index >= 15 is 0 Å². The predicted molar refractivity (Wildman–Crippen MR) is 43.8 cm³/mol. The zero-order chi connectivity index (χ0) is 10.0. The fourth-order valence-electron chi connectivity index (χ4n) is 0.960. The van der Waals surface area contributed by atoms with Crippen LogP contribution in [0.1, 0.15) is 6.42 Å². The Bertz CT molecular complexity index is 262. The first-order valence-corrected chi connectivity index (χ1v) is 3.82. The first-order valence-electron chi connectivity index (χ1n) is 3.82. The highest BCUT2D eigenvalue weighted by molar-refractivity contribution is 6.05. The number of carbonyl (C=O) groups is 3. The van der Waals surface area contributed by atoms with E-state index in [2.05, 4.69) is 10.6 Å². The molecule has 0 radical (unpaired) electrons. The minimum absolute atomic E-state index is 0.00454. The average Bonchev–Trinajstić information content (AvgIpc) is 2.30. The van der Waals surface area contributed by atoms with E-state index < -0.39 is 18.0 Å². The quantitative estimate of drug-likeness (QED) is 0.523. The van der Waals surface area contributed by atoms with Crippen LogP contribution in [0.5, 0.6) is 0 Å². The summed E-state index contributed by atoms with van der Waals surface area (Å²) >= 11 is 0. The van der Waals surface area contributed by atoms with Crippen LogP contribution in [0.25, 0.3) is 0 Å². The Hall–Kier alpha value is -1.59. The van der Waals surface area contributed by atoms with Crippen molar-refractivity contribution in [3.63, 3.8) is 0 Å². The van der Waals surface area contributed by atoms with Crippen LogP contribution in [0.15, 0.2) is 0 Å². The third kappa shape index (κ3) is 2.17. The Kier molecular flexibility index (Phi) is 2.50. The molecule has 1 aliphatic rings. The lowest BCUT2D eigenvalue weighted by molar-refractivity contribution is -0.131. The zero-order valence-corrected chi connectivity index (χ0v) is 7.46. The van der Waals surface area contributed by atoms with Crippen molar-refractivity contribution in [1.82, 2.24) is 15.5 Å². The van der Waals surface area contributed by atoms with Gasteiger partial charge in [-0.05, 0) is 0 Å². The highest BCUT2D eigenvalue weighted by Gasteiger charge is 2.31. The van der Waals surface area contributed by atoms with Gasteiger partial charge in [-0.15, -0.1) is 0 Å². The van der Waals surface area contributed by atoms with Crippen LogP contribution in [0, 0.1) is 0 Å². The van der Waals surface area contributed by atoms with E-state index in [1.807, 2.05) is 0 Å². The van der Waals surface area contributed by atoms with Crippen molar-refractivity contribution >= 4 is 17.8 Å². The van der Waals surface area contributed by atoms with Crippen LogP contribution >= 0.6 is 0 Å². The maximum absolute atomic E-state index is 11.1. The molecule has 72 valence electrons. The number of nitrogens with zero attached hydrogens (tertiary/aromatic N) is 1. The number of carbonyl (C=O) groups excluding carboxylic acids is 3. The van der Waals surface area contributed by atoms with Crippen molar-refractivity contribution in [2.45, 2.75) is 12.5 Å². The number of amides is 4. The van der Waals surface area contributed by atoms with Crippen LogP contribution in [0.2, 0.25) is 0 Å². The van der Waals surface area contributed by atoms with Crippen LogP contribution in [0.3, 0.4) is 0 Å². The summed E-state index contributed by atoms with van der Waals surface area (Å²) in [5.74, 6) is -0.637. The minimum Gasteiger partial charge on any atom is -0.349 e. The lowest BCUT2D eigenvalue weighted by Crippen LogP contribution is -2.35. The predicted octanol–water partition coefficient (Wildman–Crippen LogP) is -1.33. The van der Waals surface area contributed by atoms with Crippen LogP contribution < -0.4 is 10.6 Å². The molecule has 0 aromatic carbocycles. The first-order chi connectivity index (χ1) is 6.00. The molecular weight excluding hydrogens is 174 g/mol. The van der Waals surface area contributed by atoms with Crippen molar-refractivity contribution in [2.75, 3.05) is 14.1 Å². The van der Waals surface area contributed by atoms with Crippen molar-refractivity contribution in [3.8, 4) is 0 Å². The Morgan fingerprint density at radius 2 is 2.08 bits per heavy atom.